The zero-order chi connectivity index (χ0) is 9.31. The van der Waals surface area contributed by atoms with Gasteiger partial charge < -0.3 is 4.74 Å². The Kier molecular flexibility index (Phi) is 2.26. The van der Waals surface area contributed by atoms with Gasteiger partial charge in [0.05, 0.1) is 6.61 Å². The largest absolute Gasteiger partial charge is 0.364 e. The van der Waals surface area contributed by atoms with Crippen LogP contribution in [-0.2, 0) is 10.3 Å². The SMILES string of the molecule is C=CCC1(c2ccc(Br)cc2)CO1. The van der Waals surface area contributed by atoms with Crippen molar-refractivity contribution in [3.05, 3.63) is 47.0 Å². The molecule has 2 rings (SSSR count). The number of hydrogen-bond donors (Lipinski definition) is 0. The molecule has 1 atom stereocenters. The maximum atomic E-state index is 5.48. The minimum absolute atomic E-state index is 0.0531. The van der Waals surface area contributed by atoms with Crippen molar-refractivity contribution in [1.29, 1.82) is 0 Å². The van der Waals surface area contributed by atoms with E-state index in [1.54, 1.807) is 0 Å². The average molecular weight is 239 g/mol. The predicted octanol–water partition coefficient (Wildman–Crippen LogP) is 3.25. The fourth-order valence-corrected chi connectivity index (χ4v) is 1.74. The Morgan fingerprint density at radius 3 is 2.54 bits per heavy atom. The monoisotopic (exact) mass is 238 g/mol. The first-order valence-electron chi connectivity index (χ1n) is 4.28. The standard InChI is InChI=1S/C11H11BrO/c1-2-7-11(8-13-11)9-3-5-10(12)6-4-9/h2-6H,1,7-8H2. The van der Waals surface area contributed by atoms with Crippen LogP contribution in [0.4, 0.5) is 0 Å². The van der Waals surface area contributed by atoms with Gasteiger partial charge in [0.15, 0.2) is 0 Å². The van der Waals surface area contributed by atoms with E-state index in [9.17, 15) is 0 Å². The third-order valence-corrected chi connectivity index (χ3v) is 2.87. The van der Waals surface area contributed by atoms with Gasteiger partial charge in [-0.05, 0) is 17.7 Å². The minimum Gasteiger partial charge on any atom is -0.364 e. The molecule has 1 aromatic carbocycles. The van der Waals surface area contributed by atoms with Crippen LogP contribution in [0.25, 0.3) is 0 Å². The summed E-state index contributed by atoms with van der Waals surface area (Å²) in [7, 11) is 0. The number of ether oxygens (including phenoxy) is 1. The number of halogens is 1. The molecule has 1 unspecified atom stereocenters. The summed E-state index contributed by atoms with van der Waals surface area (Å²) in [5, 5.41) is 0. The van der Waals surface area contributed by atoms with E-state index >= 15 is 0 Å². The van der Waals surface area contributed by atoms with E-state index in [0.717, 1.165) is 17.5 Å². The van der Waals surface area contributed by atoms with Crippen molar-refractivity contribution in [2.45, 2.75) is 12.0 Å². The van der Waals surface area contributed by atoms with E-state index in [4.69, 9.17) is 4.74 Å². The van der Waals surface area contributed by atoms with E-state index in [2.05, 4.69) is 34.6 Å². The van der Waals surface area contributed by atoms with Crippen LogP contribution in [0.15, 0.2) is 41.4 Å². The van der Waals surface area contributed by atoms with Gasteiger partial charge >= 0.3 is 0 Å². The molecular formula is C11H11BrO. The summed E-state index contributed by atoms with van der Waals surface area (Å²) in [6, 6.07) is 8.28. The molecule has 1 aromatic rings. The van der Waals surface area contributed by atoms with Crippen molar-refractivity contribution >= 4 is 15.9 Å². The van der Waals surface area contributed by atoms with Crippen molar-refractivity contribution in [3.8, 4) is 0 Å². The molecule has 68 valence electrons. The highest BCUT2D eigenvalue weighted by molar-refractivity contribution is 9.10. The minimum atomic E-state index is -0.0531. The Labute approximate surface area is 86.5 Å². The molecule has 1 aliphatic heterocycles. The molecule has 13 heavy (non-hydrogen) atoms. The molecule has 0 spiro atoms. The van der Waals surface area contributed by atoms with Crippen molar-refractivity contribution in [3.63, 3.8) is 0 Å². The molecule has 0 amide bonds. The zero-order valence-electron chi connectivity index (χ0n) is 7.29. The van der Waals surface area contributed by atoms with Gasteiger partial charge in [-0.15, -0.1) is 6.58 Å². The first-order valence-corrected chi connectivity index (χ1v) is 5.07. The van der Waals surface area contributed by atoms with E-state index in [1.807, 2.05) is 18.2 Å². The molecule has 0 bridgehead atoms. The zero-order valence-corrected chi connectivity index (χ0v) is 8.88. The molecule has 0 N–H and O–H groups in total. The fraction of sp³-hybridized carbons (Fsp3) is 0.273. The van der Waals surface area contributed by atoms with Crippen molar-refractivity contribution in [2.75, 3.05) is 6.61 Å². The Morgan fingerprint density at radius 2 is 2.08 bits per heavy atom. The maximum absolute atomic E-state index is 5.48. The second-order valence-electron chi connectivity index (χ2n) is 3.28. The van der Waals surface area contributed by atoms with Gasteiger partial charge in [-0.1, -0.05) is 34.1 Å². The van der Waals surface area contributed by atoms with Gasteiger partial charge in [-0.2, -0.15) is 0 Å². The lowest BCUT2D eigenvalue weighted by Crippen LogP contribution is -2.06. The highest BCUT2D eigenvalue weighted by Gasteiger charge is 2.44. The normalized spacial score (nSPS) is 25.6. The third-order valence-electron chi connectivity index (χ3n) is 2.34. The van der Waals surface area contributed by atoms with Crippen LogP contribution in [0.1, 0.15) is 12.0 Å². The van der Waals surface area contributed by atoms with Crippen LogP contribution in [0.2, 0.25) is 0 Å². The van der Waals surface area contributed by atoms with Crippen LogP contribution in [0.3, 0.4) is 0 Å². The van der Waals surface area contributed by atoms with Gasteiger partial charge in [0.2, 0.25) is 0 Å². The number of epoxide rings is 1. The highest BCUT2D eigenvalue weighted by atomic mass is 79.9. The van der Waals surface area contributed by atoms with E-state index in [0.29, 0.717) is 0 Å². The van der Waals surface area contributed by atoms with E-state index < -0.39 is 0 Å². The summed E-state index contributed by atoms with van der Waals surface area (Å²) in [4.78, 5) is 0. The highest BCUT2D eigenvalue weighted by Crippen LogP contribution is 2.42. The second-order valence-corrected chi connectivity index (χ2v) is 4.20. The quantitative estimate of drug-likeness (QED) is 0.582. The molecular weight excluding hydrogens is 228 g/mol. The Hall–Kier alpha value is -0.600. The van der Waals surface area contributed by atoms with Crippen molar-refractivity contribution in [1.82, 2.24) is 0 Å². The van der Waals surface area contributed by atoms with Gasteiger partial charge in [-0.25, -0.2) is 0 Å². The summed E-state index contributed by atoms with van der Waals surface area (Å²) in [6.45, 7) is 4.56. The molecule has 1 saturated heterocycles. The van der Waals surface area contributed by atoms with Gasteiger partial charge in [0.25, 0.3) is 0 Å². The lowest BCUT2D eigenvalue weighted by molar-refractivity contribution is 0.310. The summed E-state index contributed by atoms with van der Waals surface area (Å²) in [5.41, 5.74) is 1.19. The summed E-state index contributed by atoms with van der Waals surface area (Å²) < 4.78 is 6.58. The van der Waals surface area contributed by atoms with Crippen LogP contribution in [-0.4, -0.2) is 6.61 Å². The lowest BCUT2D eigenvalue weighted by Gasteiger charge is -2.08. The van der Waals surface area contributed by atoms with Crippen molar-refractivity contribution < 1.29 is 4.74 Å². The van der Waals surface area contributed by atoms with Gasteiger partial charge in [0, 0.05) is 10.9 Å². The second kappa shape index (κ2) is 3.28. The summed E-state index contributed by atoms with van der Waals surface area (Å²) >= 11 is 3.41. The molecule has 1 heterocycles. The van der Waals surface area contributed by atoms with Crippen LogP contribution < -0.4 is 0 Å². The topological polar surface area (TPSA) is 12.5 Å². The van der Waals surface area contributed by atoms with Crippen LogP contribution in [0, 0.1) is 0 Å². The Balaban J connectivity index is 2.25. The molecule has 0 radical (unpaired) electrons. The molecule has 1 nitrogen and oxygen atoms in total. The number of benzene rings is 1. The molecule has 0 saturated carbocycles. The smallest absolute Gasteiger partial charge is 0.120 e. The Bertz CT molecular complexity index is 311. The predicted molar refractivity (Wildman–Crippen MR) is 56.6 cm³/mol. The first kappa shape index (κ1) is 8.97. The van der Waals surface area contributed by atoms with E-state index in [-0.39, 0.29) is 5.60 Å². The number of hydrogen-bond acceptors (Lipinski definition) is 1. The summed E-state index contributed by atoms with van der Waals surface area (Å²) in [5.74, 6) is 0. The molecule has 1 aliphatic rings. The lowest BCUT2D eigenvalue weighted by atomic mass is 9.97. The van der Waals surface area contributed by atoms with Gasteiger partial charge in [-0.3, -0.25) is 0 Å². The average Bonchev–Trinajstić information content (AvgIpc) is 2.87. The van der Waals surface area contributed by atoms with Crippen LogP contribution >= 0.6 is 15.9 Å². The summed E-state index contributed by atoms with van der Waals surface area (Å²) in [6.07, 6.45) is 2.81. The molecule has 2 heteroatoms. The van der Waals surface area contributed by atoms with Gasteiger partial charge in [0.1, 0.15) is 5.60 Å². The maximum Gasteiger partial charge on any atom is 0.120 e. The third kappa shape index (κ3) is 1.69. The number of rotatable bonds is 3. The van der Waals surface area contributed by atoms with Crippen LogP contribution in [0.5, 0.6) is 0 Å². The fourth-order valence-electron chi connectivity index (χ4n) is 1.48. The molecule has 0 aromatic heterocycles. The molecule has 0 aliphatic carbocycles. The Morgan fingerprint density at radius 1 is 1.46 bits per heavy atom. The molecule has 1 fully saturated rings. The van der Waals surface area contributed by atoms with E-state index in [1.165, 1.54) is 5.56 Å². The first-order chi connectivity index (χ1) is 6.27. The van der Waals surface area contributed by atoms with Crippen molar-refractivity contribution in [2.24, 2.45) is 0 Å².